The Bertz CT molecular complexity index is 703. The van der Waals surface area contributed by atoms with Gasteiger partial charge in [0.15, 0.2) is 0 Å². The van der Waals surface area contributed by atoms with Gasteiger partial charge < -0.3 is 0 Å². The third-order valence-electron chi connectivity index (χ3n) is 2.37. The van der Waals surface area contributed by atoms with E-state index in [1.54, 1.807) is 18.2 Å². The number of hydrogen-bond donors (Lipinski definition) is 1. The average molecular weight is 328 g/mol. The van der Waals surface area contributed by atoms with Gasteiger partial charge in [-0.15, -0.1) is 0 Å². The second-order valence-corrected chi connectivity index (χ2v) is 6.71. The Morgan fingerprint density at radius 3 is 2.35 bits per heavy atom. The van der Waals surface area contributed by atoms with Gasteiger partial charge in [-0.1, -0.05) is 36.0 Å². The number of thiocarbonyl (C=S) groups is 1. The van der Waals surface area contributed by atoms with Crippen LogP contribution in [-0.2, 0) is 16.4 Å². The van der Waals surface area contributed by atoms with Crippen molar-refractivity contribution < 1.29 is 8.42 Å². The van der Waals surface area contributed by atoms with E-state index < -0.39 is 10.0 Å². The molecule has 1 aromatic heterocycles. The monoisotopic (exact) mass is 327 g/mol. The quantitative estimate of drug-likeness (QED) is 0.674. The molecule has 0 atom stereocenters. The maximum Gasteiger partial charge on any atom is 0.264 e. The molecule has 0 aliphatic rings. The third kappa shape index (κ3) is 3.96. The molecular weight excluding hydrogens is 318 g/mol. The van der Waals surface area contributed by atoms with Gasteiger partial charge in [-0.2, -0.15) is 0 Å². The summed E-state index contributed by atoms with van der Waals surface area (Å²) in [5, 5.41) is 0. The highest BCUT2D eigenvalue weighted by Gasteiger charge is 2.15. The molecule has 0 unspecified atom stereocenters. The van der Waals surface area contributed by atoms with Crippen molar-refractivity contribution in [3.8, 4) is 0 Å². The minimum Gasteiger partial charge on any atom is -0.247 e. The Hall–Kier alpha value is -1.57. The zero-order valence-electron chi connectivity index (χ0n) is 10.2. The van der Waals surface area contributed by atoms with Crippen LogP contribution in [0.15, 0.2) is 47.6 Å². The van der Waals surface area contributed by atoms with Crippen LogP contribution in [0.25, 0.3) is 0 Å². The molecule has 0 spiro atoms. The van der Waals surface area contributed by atoms with Crippen molar-refractivity contribution in [1.29, 1.82) is 0 Å². The molecule has 0 fully saturated rings. The third-order valence-corrected chi connectivity index (χ3v) is 3.99. The van der Waals surface area contributed by atoms with Crippen LogP contribution >= 0.6 is 23.8 Å². The van der Waals surface area contributed by atoms with Crippen LogP contribution in [0.3, 0.4) is 0 Å². The smallest absolute Gasteiger partial charge is 0.247 e. The second-order valence-electron chi connectivity index (χ2n) is 3.85. The van der Waals surface area contributed by atoms with Crippen LogP contribution in [0.1, 0.15) is 5.56 Å². The van der Waals surface area contributed by atoms with Crippen molar-refractivity contribution in [2.24, 2.45) is 0 Å². The van der Waals surface area contributed by atoms with Crippen LogP contribution in [0.4, 0.5) is 5.95 Å². The fourth-order valence-electron chi connectivity index (χ4n) is 1.48. The Kier molecular flexibility index (Phi) is 4.64. The summed E-state index contributed by atoms with van der Waals surface area (Å²) in [5.74, 6) is 0.0264. The number of halogens is 1. The van der Waals surface area contributed by atoms with Crippen molar-refractivity contribution >= 4 is 44.1 Å². The van der Waals surface area contributed by atoms with E-state index >= 15 is 0 Å². The highest BCUT2D eigenvalue weighted by atomic mass is 35.5. The summed E-state index contributed by atoms with van der Waals surface area (Å²) in [6.45, 7) is 0. The molecule has 0 aliphatic heterocycles. The predicted molar refractivity (Wildman–Crippen MR) is 81.4 cm³/mol. The maximum atomic E-state index is 12.1. The Morgan fingerprint density at radius 2 is 1.80 bits per heavy atom. The Labute approximate surface area is 127 Å². The first kappa shape index (κ1) is 14.8. The normalized spacial score (nSPS) is 11.1. The average Bonchev–Trinajstić information content (AvgIpc) is 2.39. The number of sulfonamides is 1. The zero-order chi connectivity index (χ0) is 14.6. The summed E-state index contributed by atoms with van der Waals surface area (Å²) in [4.78, 5) is 7.74. The van der Waals surface area contributed by atoms with Gasteiger partial charge >= 0.3 is 0 Å². The first-order valence-electron chi connectivity index (χ1n) is 5.54. The lowest BCUT2D eigenvalue weighted by atomic mass is 10.2. The second kappa shape index (κ2) is 6.25. The highest BCUT2D eigenvalue weighted by molar-refractivity contribution is 7.92. The fourth-order valence-corrected chi connectivity index (χ4v) is 2.76. The molecule has 0 amide bonds. The van der Waals surface area contributed by atoms with Gasteiger partial charge in [0.25, 0.3) is 10.0 Å². The zero-order valence-corrected chi connectivity index (χ0v) is 12.5. The van der Waals surface area contributed by atoms with Crippen molar-refractivity contribution in [3.63, 3.8) is 0 Å². The minimum atomic E-state index is -3.70. The molecular formula is C12H10ClN3O2S2. The van der Waals surface area contributed by atoms with Crippen LogP contribution in [0.5, 0.6) is 0 Å². The van der Waals surface area contributed by atoms with E-state index in [2.05, 4.69) is 14.7 Å². The molecule has 0 aliphatic carbocycles. The van der Waals surface area contributed by atoms with Crippen molar-refractivity contribution in [2.75, 3.05) is 4.72 Å². The lowest BCUT2D eigenvalue weighted by Crippen LogP contribution is -2.14. The first-order valence-corrected chi connectivity index (χ1v) is 7.81. The molecule has 8 heteroatoms. The number of rotatable bonds is 5. The summed E-state index contributed by atoms with van der Waals surface area (Å²) >= 11 is 10.4. The van der Waals surface area contributed by atoms with Gasteiger partial charge in [-0.25, -0.2) is 23.1 Å². The van der Waals surface area contributed by atoms with Gasteiger partial charge in [0, 0.05) is 18.8 Å². The molecule has 2 aromatic rings. The molecule has 0 bridgehead atoms. The largest absolute Gasteiger partial charge is 0.264 e. The van der Waals surface area contributed by atoms with E-state index in [1.165, 1.54) is 24.5 Å². The van der Waals surface area contributed by atoms with E-state index in [0.29, 0.717) is 10.7 Å². The van der Waals surface area contributed by atoms with Crippen LogP contribution in [-0.4, -0.2) is 22.7 Å². The number of hydrogen-bond acceptors (Lipinski definition) is 5. The summed E-state index contributed by atoms with van der Waals surface area (Å²) in [6, 6.07) is 7.89. The molecule has 2 rings (SSSR count). The van der Waals surface area contributed by atoms with Crippen LogP contribution < -0.4 is 4.72 Å². The van der Waals surface area contributed by atoms with Crippen molar-refractivity contribution in [3.05, 3.63) is 48.3 Å². The van der Waals surface area contributed by atoms with E-state index in [1.807, 2.05) is 0 Å². The van der Waals surface area contributed by atoms with E-state index in [0.717, 1.165) is 5.56 Å². The number of benzene rings is 1. The Balaban J connectivity index is 2.19. The van der Waals surface area contributed by atoms with Gasteiger partial charge in [-0.05, 0) is 23.8 Å². The molecule has 5 nitrogen and oxygen atoms in total. The first-order chi connectivity index (χ1) is 9.47. The topological polar surface area (TPSA) is 72.0 Å². The molecule has 0 saturated heterocycles. The summed E-state index contributed by atoms with van der Waals surface area (Å²) in [7, 11) is -3.70. The molecule has 0 radical (unpaired) electrons. The molecule has 104 valence electrons. The minimum absolute atomic E-state index is 0.0264. The van der Waals surface area contributed by atoms with Crippen molar-refractivity contribution in [2.45, 2.75) is 11.3 Å². The SMILES string of the molecule is O=S(=O)(Nc1ncccn1)c1ccc(CC(=S)Cl)cc1. The van der Waals surface area contributed by atoms with Gasteiger partial charge in [-0.3, -0.25) is 0 Å². The summed E-state index contributed by atoms with van der Waals surface area (Å²) in [5.41, 5.74) is 0.847. The fraction of sp³-hybridized carbons (Fsp3) is 0.0833. The number of nitrogens with one attached hydrogen (secondary N) is 1. The lowest BCUT2D eigenvalue weighted by Gasteiger charge is -2.06. The molecule has 1 N–H and O–H groups in total. The highest BCUT2D eigenvalue weighted by Crippen LogP contribution is 2.14. The number of nitrogens with zero attached hydrogens (tertiary/aromatic N) is 2. The molecule has 0 saturated carbocycles. The number of aromatic nitrogens is 2. The van der Waals surface area contributed by atoms with Gasteiger partial charge in [0.1, 0.15) is 0 Å². The van der Waals surface area contributed by atoms with Gasteiger partial charge in [0.05, 0.1) is 9.22 Å². The summed E-state index contributed by atoms with van der Waals surface area (Å²) < 4.78 is 26.8. The lowest BCUT2D eigenvalue weighted by molar-refractivity contribution is 0.601. The predicted octanol–water partition coefficient (Wildman–Crippen LogP) is 2.39. The van der Waals surface area contributed by atoms with E-state index in [4.69, 9.17) is 23.8 Å². The molecule has 1 aromatic carbocycles. The summed E-state index contributed by atoms with van der Waals surface area (Å²) in [6.07, 6.45) is 3.33. The van der Waals surface area contributed by atoms with E-state index in [-0.39, 0.29) is 10.8 Å². The van der Waals surface area contributed by atoms with Crippen LogP contribution in [0, 0.1) is 0 Å². The van der Waals surface area contributed by atoms with E-state index in [9.17, 15) is 8.42 Å². The molecule has 20 heavy (non-hydrogen) atoms. The maximum absolute atomic E-state index is 12.1. The standard InChI is InChI=1S/C12H10ClN3O2S2/c13-11(19)8-9-2-4-10(5-3-9)20(17,18)16-12-14-6-1-7-15-12/h1-7H,8H2,(H,14,15,16). The Morgan fingerprint density at radius 1 is 1.20 bits per heavy atom. The molecule has 1 heterocycles. The van der Waals surface area contributed by atoms with Crippen molar-refractivity contribution in [1.82, 2.24) is 9.97 Å². The number of anilines is 1. The van der Waals surface area contributed by atoms with Crippen LogP contribution in [0.2, 0.25) is 0 Å². The van der Waals surface area contributed by atoms with Gasteiger partial charge in [0.2, 0.25) is 5.95 Å².